The molecule has 1 aliphatic carbocycles. The molecule has 3 heterocycles. The van der Waals surface area contributed by atoms with Gasteiger partial charge in [0.05, 0.1) is 5.52 Å². The number of likely N-dealkylation sites (tertiary alicyclic amines) is 1. The van der Waals surface area contributed by atoms with Gasteiger partial charge in [0.15, 0.2) is 0 Å². The van der Waals surface area contributed by atoms with Gasteiger partial charge in [0.2, 0.25) is 5.91 Å². The number of nitrogens with zero attached hydrogens (tertiary/aromatic N) is 3. The smallest absolute Gasteiger partial charge is 0.237 e. The summed E-state index contributed by atoms with van der Waals surface area (Å²) < 4.78 is 13.8. The van der Waals surface area contributed by atoms with Gasteiger partial charge in [0, 0.05) is 43.2 Å². The maximum Gasteiger partial charge on any atom is 0.237 e. The number of fused-ring (bicyclic) bond motifs is 2. The Kier molecular flexibility index (Phi) is 5.21. The molecule has 30 heavy (non-hydrogen) atoms. The molecule has 1 saturated heterocycles. The van der Waals surface area contributed by atoms with Crippen LogP contribution in [0.1, 0.15) is 42.7 Å². The van der Waals surface area contributed by atoms with Crippen molar-refractivity contribution in [3.05, 3.63) is 47.5 Å². The van der Waals surface area contributed by atoms with Gasteiger partial charge in [-0.3, -0.25) is 9.69 Å². The fourth-order valence-corrected chi connectivity index (χ4v) is 4.75. The average Bonchev–Trinajstić information content (AvgIpc) is 3.34. The van der Waals surface area contributed by atoms with Crippen LogP contribution in [0.3, 0.4) is 0 Å². The lowest BCUT2D eigenvalue weighted by atomic mass is 9.96. The third kappa shape index (κ3) is 3.81. The van der Waals surface area contributed by atoms with Gasteiger partial charge < -0.3 is 19.6 Å². The van der Waals surface area contributed by atoms with Crippen LogP contribution in [0.4, 0.5) is 0 Å². The lowest BCUT2D eigenvalue weighted by Crippen LogP contribution is -2.38. The van der Waals surface area contributed by atoms with Gasteiger partial charge in [-0.25, -0.2) is 0 Å². The monoisotopic (exact) mass is 408 g/mol. The fourth-order valence-electron chi connectivity index (χ4n) is 4.75. The van der Waals surface area contributed by atoms with Gasteiger partial charge in [-0.1, -0.05) is 11.2 Å². The number of amides is 1. The molecule has 5 rings (SSSR count). The van der Waals surface area contributed by atoms with E-state index in [1.54, 1.807) is 0 Å². The van der Waals surface area contributed by atoms with E-state index in [1.165, 1.54) is 18.4 Å². The normalized spacial score (nSPS) is 17.9. The average molecular weight is 409 g/mol. The zero-order valence-electron chi connectivity index (χ0n) is 17.2. The summed E-state index contributed by atoms with van der Waals surface area (Å²) >= 11 is 0. The molecule has 0 unspecified atom stereocenters. The maximum absolute atomic E-state index is 11.3. The lowest BCUT2D eigenvalue weighted by Gasteiger charge is -2.32. The minimum absolute atomic E-state index is 0.178. The molecule has 0 atom stereocenters. The van der Waals surface area contributed by atoms with E-state index in [0.717, 1.165) is 73.4 Å². The van der Waals surface area contributed by atoms with E-state index in [9.17, 15) is 4.79 Å². The molecule has 0 radical (unpaired) electrons. The Morgan fingerprint density at radius 1 is 1.20 bits per heavy atom. The Hall–Kier alpha value is -2.80. The molecule has 0 saturated carbocycles. The number of aromatic nitrogens is 2. The summed E-state index contributed by atoms with van der Waals surface area (Å²) in [4.78, 5) is 13.7. The molecule has 0 spiro atoms. The van der Waals surface area contributed by atoms with Gasteiger partial charge in [-0.15, -0.1) is 0 Å². The van der Waals surface area contributed by atoms with Gasteiger partial charge >= 0.3 is 0 Å². The molecule has 1 fully saturated rings. The molecule has 1 aromatic carbocycles. The molecule has 2 aromatic heterocycles. The topological polar surface area (TPSA) is 86.5 Å². The summed E-state index contributed by atoms with van der Waals surface area (Å²) in [5.41, 5.74) is 8.81. The minimum Gasteiger partial charge on any atom is -0.490 e. The van der Waals surface area contributed by atoms with E-state index in [0.29, 0.717) is 0 Å². The number of rotatable bonds is 6. The number of primary amides is 1. The van der Waals surface area contributed by atoms with Crippen LogP contribution in [-0.2, 0) is 30.7 Å². The molecular formula is C23H28N4O3. The van der Waals surface area contributed by atoms with E-state index < -0.39 is 0 Å². The van der Waals surface area contributed by atoms with Crippen LogP contribution < -0.4 is 10.5 Å². The quantitative estimate of drug-likeness (QED) is 0.677. The van der Waals surface area contributed by atoms with Crippen molar-refractivity contribution in [3.63, 3.8) is 0 Å². The molecule has 2 N–H and O–H groups in total. The largest absolute Gasteiger partial charge is 0.490 e. The Bertz CT molecular complexity index is 1050. The molecule has 7 heteroatoms. The second kappa shape index (κ2) is 8.14. The predicted molar refractivity (Wildman–Crippen MR) is 113 cm³/mol. The van der Waals surface area contributed by atoms with Crippen molar-refractivity contribution in [2.75, 3.05) is 13.1 Å². The fraction of sp³-hybridized carbons (Fsp3) is 0.478. The van der Waals surface area contributed by atoms with Gasteiger partial charge in [0.25, 0.3) is 0 Å². The van der Waals surface area contributed by atoms with Crippen molar-refractivity contribution >= 4 is 16.8 Å². The summed E-state index contributed by atoms with van der Waals surface area (Å²) in [5.74, 6) is 1.63. The van der Waals surface area contributed by atoms with Crippen molar-refractivity contribution in [3.8, 4) is 5.75 Å². The SMILES string of the molecule is NC(=O)Cn1ccc2c(OC3CCN(Cc4noc5c4CCCC5)CC3)cccc21. The van der Waals surface area contributed by atoms with Crippen molar-refractivity contribution in [2.45, 2.75) is 57.7 Å². The predicted octanol–water partition coefficient (Wildman–Crippen LogP) is 3.04. The number of carbonyl (C=O) groups excluding carboxylic acids is 1. The zero-order valence-corrected chi connectivity index (χ0v) is 17.2. The highest BCUT2D eigenvalue weighted by molar-refractivity contribution is 5.87. The Morgan fingerprint density at radius 3 is 2.87 bits per heavy atom. The Labute approximate surface area is 175 Å². The lowest BCUT2D eigenvalue weighted by molar-refractivity contribution is -0.118. The summed E-state index contributed by atoms with van der Waals surface area (Å²) in [5, 5.41) is 5.38. The highest BCUT2D eigenvalue weighted by Gasteiger charge is 2.25. The number of carbonyl (C=O) groups is 1. The number of hydrogen-bond donors (Lipinski definition) is 1. The summed E-state index contributed by atoms with van der Waals surface area (Å²) in [6.07, 6.45) is 8.64. The van der Waals surface area contributed by atoms with E-state index in [4.69, 9.17) is 15.0 Å². The van der Waals surface area contributed by atoms with Gasteiger partial charge in [-0.05, 0) is 50.3 Å². The third-order valence-electron chi connectivity index (χ3n) is 6.33. The number of ether oxygens (including phenoxy) is 1. The standard InChI is InChI=1S/C23H28N4O3/c24-23(28)15-27-13-10-18-20(27)5-3-7-21(18)29-16-8-11-26(12-9-16)14-19-17-4-1-2-6-22(17)30-25-19/h3,5,7,10,13,16H,1-2,4,6,8-9,11-12,14-15H2,(H2,24,28). The molecule has 1 aliphatic heterocycles. The maximum atomic E-state index is 11.3. The van der Waals surface area contributed by atoms with E-state index in [1.807, 2.05) is 35.0 Å². The van der Waals surface area contributed by atoms with Crippen molar-refractivity contribution in [1.82, 2.24) is 14.6 Å². The van der Waals surface area contributed by atoms with Crippen molar-refractivity contribution in [2.24, 2.45) is 5.73 Å². The highest BCUT2D eigenvalue weighted by Crippen LogP contribution is 2.30. The first-order chi connectivity index (χ1) is 14.7. The van der Waals surface area contributed by atoms with E-state index in [-0.39, 0.29) is 18.6 Å². The number of hydrogen-bond acceptors (Lipinski definition) is 5. The summed E-state index contributed by atoms with van der Waals surface area (Å²) in [6.45, 7) is 3.03. The van der Waals surface area contributed by atoms with Crippen LogP contribution >= 0.6 is 0 Å². The minimum atomic E-state index is -0.348. The van der Waals surface area contributed by atoms with Crippen molar-refractivity contribution < 1.29 is 14.1 Å². The van der Waals surface area contributed by atoms with Crippen LogP contribution in [0.25, 0.3) is 10.9 Å². The second-order valence-electron chi connectivity index (χ2n) is 8.43. The number of nitrogens with two attached hydrogens (primary N) is 1. The summed E-state index contributed by atoms with van der Waals surface area (Å²) in [7, 11) is 0. The van der Waals surface area contributed by atoms with Crippen LogP contribution in [0.2, 0.25) is 0 Å². The Balaban J connectivity index is 1.21. The molecule has 158 valence electrons. The van der Waals surface area contributed by atoms with Crippen LogP contribution in [0, 0.1) is 0 Å². The van der Waals surface area contributed by atoms with Crippen LogP contribution in [0.15, 0.2) is 35.0 Å². The second-order valence-corrected chi connectivity index (χ2v) is 8.43. The van der Waals surface area contributed by atoms with Crippen LogP contribution in [0.5, 0.6) is 5.75 Å². The molecule has 0 bridgehead atoms. The molecule has 3 aromatic rings. The molecule has 1 amide bonds. The van der Waals surface area contributed by atoms with Gasteiger partial charge in [0.1, 0.15) is 29.9 Å². The first kappa shape index (κ1) is 19.2. The van der Waals surface area contributed by atoms with E-state index in [2.05, 4.69) is 10.1 Å². The molecular weight excluding hydrogens is 380 g/mol. The zero-order chi connectivity index (χ0) is 20.5. The molecule has 7 nitrogen and oxygen atoms in total. The Morgan fingerprint density at radius 2 is 2.03 bits per heavy atom. The number of piperidine rings is 1. The van der Waals surface area contributed by atoms with E-state index >= 15 is 0 Å². The first-order valence-corrected chi connectivity index (χ1v) is 10.9. The first-order valence-electron chi connectivity index (χ1n) is 10.9. The number of aryl methyl sites for hydroxylation is 1. The van der Waals surface area contributed by atoms with Gasteiger partial charge in [-0.2, -0.15) is 0 Å². The molecule has 2 aliphatic rings. The third-order valence-corrected chi connectivity index (χ3v) is 6.33. The van der Waals surface area contributed by atoms with Crippen molar-refractivity contribution in [1.29, 1.82) is 0 Å². The number of benzene rings is 1. The highest BCUT2D eigenvalue weighted by atomic mass is 16.5. The summed E-state index contributed by atoms with van der Waals surface area (Å²) in [6, 6.07) is 7.96. The van der Waals surface area contributed by atoms with Crippen LogP contribution in [-0.4, -0.2) is 39.7 Å².